The molecular weight excluding hydrogens is 234 g/mol. The van der Waals surface area contributed by atoms with Gasteiger partial charge >= 0.3 is 5.97 Å². The van der Waals surface area contributed by atoms with Crippen LogP contribution in [0.25, 0.3) is 5.57 Å². The number of carboxylic acids is 1. The quantitative estimate of drug-likeness (QED) is 0.506. The molecule has 0 saturated carbocycles. The summed E-state index contributed by atoms with van der Waals surface area (Å²) < 4.78 is 0. The molecule has 0 amide bonds. The van der Waals surface area contributed by atoms with E-state index in [0.717, 1.165) is 16.0 Å². The second kappa shape index (κ2) is 5.55. The van der Waals surface area contributed by atoms with E-state index < -0.39 is 5.97 Å². The fourth-order valence-electron chi connectivity index (χ4n) is 1.54. The summed E-state index contributed by atoms with van der Waals surface area (Å²) in [7, 11) is 0. The molecule has 1 N–H and O–H groups in total. The fraction of sp³-hybridized carbons (Fsp3) is 0.231. The van der Waals surface area contributed by atoms with Crippen LogP contribution in [-0.4, -0.2) is 17.3 Å². The first-order valence-electron chi connectivity index (χ1n) is 5.00. The van der Waals surface area contributed by atoms with E-state index in [1.807, 2.05) is 31.4 Å². The van der Waals surface area contributed by atoms with E-state index in [1.165, 1.54) is 11.8 Å². The summed E-state index contributed by atoms with van der Waals surface area (Å²) in [6, 6.07) is 7.55. The SMILES string of the molecule is CSc1ccc(C)cc1/C(C)=C(/C#N)C(=O)O. The third-order valence-corrected chi connectivity index (χ3v) is 3.26. The van der Waals surface area contributed by atoms with Gasteiger partial charge in [-0.3, -0.25) is 0 Å². The van der Waals surface area contributed by atoms with Crippen LogP contribution in [0.5, 0.6) is 0 Å². The minimum atomic E-state index is -1.18. The van der Waals surface area contributed by atoms with Crippen molar-refractivity contribution in [3.63, 3.8) is 0 Å². The smallest absolute Gasteiger partial charge is 0.346 e. The van der Waals surface area contributed by atoms with Gasteiger partial charge in [-0.1, -0.05) is 17.7 Å². The van der Waals surface area contributed by atoms with E-state index in [2.05, 4.69) is 0 Å². The summed E-state index contributed by atoms with van der Waals surface area (Å²) in [5.41, 5.74) is 2.16. The number of hydrogen-bond acceptors (Lipinski definition) is 3. The summed E-state index contributed by atoms with van der Waals surface area (Å²) in [6.45, 7) is 3.61. The third kappa shape index (κ3) is 2.89. The van der Waals surface area contributed by atoms with Gasteiger partial charge in [0.05, 0.1) is 0 Å². The average molecular weight is 247 g/mol. The van der Waals surface area contributed by atoms with Crippen LogP contribution in [0.15, 0.2) is 28.7 Å². The lowest BCUT2D eigenvalue weighted by molar-refractivity contribution is -0.132. The Morgan fingerprint density at radius 2 is 2.12 bits per heavy atom. The summed E-state index contributed by atoms with van der Waals surface area (Å²) >= 11 is 1.54. The molecule has 0 radical (unpaired) electrons. The summed E-state index contributed by atoms with van der Waals surface area (Å²) in [4.78, 5) is 11.9. The number of aliphatic carboxylic acids is 1. The molecule has 0 aliphatic rings. The molecular formula is C13H13NO2S. The Bertz CT molecular complexity index is 527. The van der Waals surface area contributed by atoms with Gasteiger partial charge in [-0.15, -0.1) is 11.8 Å². The van der Waals surface area contributed by atoms with Gasteiger partial charge < -0.3 is 5.11 Å². The largest absolute Gasteiger partial charge is 0.477 e. The number of hydrogen-bond donors (Lipinski definition) is 1. The molecule has 0 aromatic heterocycles. The zero-order chi connectivity index (χ0) is 13.0. The van der Waals surface area contributed by atoms with Crippen molar-refractivity contribution in [1.82, 2.24) is 0 Å². The van der Waals surface area contributed by atoms with Crippen molar-refractivity contribution in [2.45, 2.75) is 18.7 Å². The molecule has 0 atom stereocenters. The van der Waals surface area contributed by atoms with Crippen LogP contribution in [0.2, 0.25) is 0 Å². The molecule has 0 fully saturated rings. The Morgan fingerprint density at radius 3 is 2.59 bits per heavy atom. The van der Waals surface area contributed by atoms with Gasteiger partial charge in [0.15, 0.2) is 0 Å². The molecule has 88 valence electrons. The van der Waals surface area contributed by atoms with Crippen molar-refractivity contribution < 1.29 is 9.90 Å². The summed E-state index contributed by atoms with van der Waals surface area (Å²) in [6.07, 6.45) is 1.92. The highest BCUT2D eigenvalue weighted by Gasteiger charge is 2.14. The monoisotopic (exact) mass is 247 g/mol. The van der Waals surface area contributed by atoms with Crippen LogP contribution in [0.3, 0.4) is 0 Å². The van der Waals surface area contributed by atoms with Gasteiger partial charge in [0.2, 0.25) is 0 Å². The summed E-state index contributed by atoms with van der Waals surface area (Å²) in [5.74, 6) is -1.18. The van der Waals surface area contributed by atoms with E-state index in [4.69, 9.17) is 10.4 Å². The molecule has 1 aromatic carbocycles. The van der Waals surface area contributed by atoms with Crippen LogP contribution in [0.4, 0.5) is 0 Å². The number of carbonyl (C=O) groups is 1. The average Bonchev–Trinajstić information content (AvgIpc) is 2.29. The molecule has 0 saturated heterocycles. The molecule has 0 bridgehead atoms. The first-order chi connectivity index (χ1) is 8.01. The first kappa shape index (κ1) is 13.3. The zero-order valence-corrected chi connectivity index (χ0v) is 10.8. The topological polar surface area (TPSA) is 61.1 Å². The Balaban J connectivity index is 3.48. The number of benzene rings is 1. The normalized spacial score (nSPS) is 11.6. The minimum Gasteiger partial charge on any atom is -0.477 e. The van der Waals surface area contributed by atoms with Crippen LogP contribution < -0.4 is 0 Å². The van der Waals surface area contributed by atoms with Crippen molar-refractivity contribution in [1.29, 1.82) is 5.26 Å². The first-order valence-corrected chi connectivity index (χ1v) is 6.23. The maximum Gasteiger partial charge on any atom is 0.346 e. The van der Waals surface area contributed by atoms with E-state index >= 15 is 0 Å². The maximum atomic E-state index is 10.9. The Morgan fingerprint density at radius 1 is 1.47 bits per heavy atom. The number of carboxylic acid groups (broad SMARTS) is 1. The number of nitrogens with zero attached hydrogens (tertiary/aromatic N) is 1. The third-order valence-electron chi connectivity index (χ3n) is 2.46. The van der Waals surface area contributed by atoms with Crippen molar-refractivity contribution in [2.24, 2.45) is 0 Å². The molecule has 17 heavy (non-hydrogen) atoms. The highest BCUT2D eigenvalue weighted by molar-refractivity contribution is 7.98. The van der Waals surface area contributed by atoms with Crippen LogP contribution >= 0.6 is 11.8 Å². The molecule has 0 unspecified atom stereocenters. The second-order valence-electron chi connectivity index (χ2n) is 3.62. The molecule has 0 aliphatic heterocycles. The Kier molecular flexibility index (Phi) is 4.36. The van der Waals surface area contributed by atoms with Crippen molar-refractivity contribution in [3.8, 4) is 6.07 Å². The number of thioether (sulfide) groups is 1. The van der Waals surface area contributed by atoms with Gasteiger partial charge in [-0.2, -0.15) is 5.26 Å². The van der Waals surface area contributed by atoms with E-state index in [1.54, 1.807) is 13.0 Å². The molecule has 0 heterocycles. The molecule has 0 spiro atoms. The number of nitriles is 1. The van der Waals surface area contributed by atoms with Gasteiger partial charge in [0.25, 0.3) is 0 Å². The van der Waals surface area contributed by atoms with Gasteiger partial charge in [0.1, 0.15) is 11.6 Å². The molecule has 1 aromatic rings. The minimum absolute atomic E-state index is 0.203. The Hall–Kier alpha value is -1.73. The van der Waals surface area contributed by atoms with Crippen molar-refractivity contribution >= 4 is 23.3 Å². The molecule has 1 rings (SSSR count). The molecule has 0 aliphatic carbocycles. The van der Waals surface area contributed by atoms with E-state index in [-0.39, 0.29) is 5.57 Å². The van der Waals surface area contributed by atoms with Crippen LogP contribution in [0.1, 0.15) is 18.1 Å². The van der Waals surface area contributed by atoms with Crippen molar-refractivity contribution in [2.75, 3.05) is 6.26 Å². The second-order valence-corrected chi connectivity index (χ2v) is 4.47. The molecule has 4 heteroatoms. The molecule has 3 nitrogen and oxygen atoms in total. The highest BCUT2D eigenvalue weighted by Crippen LogP contribution is 2.29. The standard InChI is InChI=1S/C13H13NO2S/c1-8-4-5-12(17-3)10(6-8)9(2)11(7-14)13(15)16/h4-6H,1-3H3,(H,15,16)/b11-9-. The highest BCUT2D eigenvalue weighted by atomic mass is 32.2. The lowest BCUT2D eigenvalue weighted by Crippen LogP contribution is -2.01. The number of allylic oxidation sites excluding steroid dienone is 1. The lowest BCUT2D eigenvalue weighted by atomic mass is 10.0. The maximum absolute atomic E-state index is 10.9. The lowest BCUT2D eigenvalue weighted by Gasteiger charge is -2.09. The van der Waals surface area contributed by atoms with Crippen LogP contribution in [0, 0.1) is 18.3 Å². The fourth-order valence-corrected chi connectivity index (χ4v) is 2.18. The van der Waals surface area contributed by atoms with Gasteiger partial charge in [-0.05, 0) is 37.3 Å². The number of rotatable bonds is 3. The zero-order valence-electron chi connectivity index (χ0n) is 9.94. The number of aryl methyl sites for hydroxylation is 1. The van der Waals surface area contributed by atoms with E-state index in [0.29, 0.717) is 5.57 Å². The van der Waals surface area contributed by atoms with E-state index in [9.17, 15) is 4.79 Å². The van der Waals surface area contributed by atoms with Crippen molar-refractivity contribution in [3.05, 3.63) is 34.9 Å². The van der Waals surface area contributed by atoms with Gasteiger partial charge in [0, 0.05) is 4.90 Å². The predicted octanol–water partition coefficient (Wildman–Crippen LogP) is 3.10. The van der Waals surface area contributed by atoms with Crippen LogP contribution in [-0.2, 0) is 4.79 Å². The Labute approximate surface area is 105 Å². The predicted molar refractivity (Wildman–Crippen MR) is 68.8 cm³/mol. The van der Waals surface area contributed by atoms with Gasteiger partial charge in [-0.25, -0.2) is 4.79 Å². The summed E-state index contributed by atoms with van der Waals surface area (Å²) in [5, 5.41) is 17.8.